The predicted octanol–water partition coefficient (Wildman–Crippen LogP) is 4.13. The molecular formula is C16H15FN2O. The number of halogens is 1. The van der Waals surface area contributed by atoms with Gasteiger partial charge in [-0.25, -0.2) is 9.37 Å². The van der Waals surface area contributed by atoms with Gasteiger partial charge in [0.25, 0.3) is 0 Å². The van der Waals surface area contributed by atoms with Gasteiger partial charge in [0.15, 0.2) is 0 Å². The molecule has 0 bridgehead atoms. The van der Waals surface area contributed by atoms with Crippen molar-refractivity contribution in [2.24, 2.45) is 0 Å². The van der Waals surface area contributed by atoms with Crippen molar-refractivity contribution in [1.29, 1.82) is 0 Å². The molecule has 3 nitrogen and oxygen atoms in total. The zero-order chi connectivity index (χ0) is 14.3. The second kappa shape index (κ2) is 4.63. The Balaban J connectivity index is 2.32. The van der Waals surface area contributed by atoms with Crippen molar-refractivity contribution in [1.82, 2.24) is 9.55 Å². The molecule has 0 amide bonds. The Morgan fingerprint density at radius 2 is 1.90 bits per heavy atom. The summed E-state index contributed by atoms with van der Waals surface area (Å²) in [6.07, 6.45) is 0. The van der Waals surface area contributed by atoms with Crippen molar-refractivity contribution >= 4 is 11.0 Å². The minimum absolute atomic E-state index is 0.0952. The maximum atomic E-state index is 13.1. The second-order valence-electron chi connectivity index (χ2n) is 5.05. The molecule has 0 aliphatic carbocycles. The third kappa shape index (κ3) is 1.93. The van der Waals surface area contributed by atoms with E-state index in [1.165, 1.54) is 6.07 Å². The monoisotopic (exact) mass is 270 g/mol. The number of para-hydroxylation sites is 2. The molecule has 1 aromatic heterocycles. The van der Waals surface area contributed by atoms with E-state index in [-0.39, 0.29) is 11.8 Å². The average Bonchev–Trinajstić information content (AvgIpc) is 2.77. The normalized spacial score (nSPS) is 11.4. The maximum absolute atomic E-state index is 13.1. The molecule has 0 saturated carbocycles. The van der Waals surface area contributed by atoms with Gasteiger partial charge in [-0.1, -0.05) is 12.1 Å². The van der Waals surface area contributed by atoms with E-state index in [0.29, 0.717) is 11.4 Å². The van der Waals surface area contributed by atoms with Gasteiger partial charge in [-0.3, -0.25) is 0 Å². The average molecular weight is 270 g/mol. The molecule has 0 radical (unpaired) electrons. The van der Waals surface area contributed by atoms with Crippen LogP contribution in [0.5, 0.6) is 5.75 Å². The van der Waals surface area contributed by atoms with E-state index in [1.807, 2.05) is 28.8 Å². The first-order valence-electron chi connectivity index (χ1n) is 6.54. The molecule has 20 heavy (non-hydrogen) atoms. The molecule has 2 aromatic carbocycles. The van der Waals surface area contributed by atoms with Crippen molar-refractivity contribution in [2.75, 3.05) is 0 Å². The van der Waals surface area contributed by atoms with Crippen molar-refractivity contribution in [3.63, 3.8) is 0 Å². The van der Waals surface area contributed by atoms with Crippen molar-refractivity contribution in [2.45, 2.75) is 19.9 Å². The fourth-order valence-corrected chi connectivity index (χ4v) is 2.45. The highest BCUT2D eigenvalue weighted by molar-refractivity contribution is 5.82. The fraction of sp³-hybridized carbons (Fsp3) is 0.188. The van der Waals surface area contributed by atoms with Crippen LogP contribution in [0, 0.1) is 5.82 Å². The van der Waals surface area contributed by atoms with Gasteiger partial charge in [-0.15, -0.1) is 0 Å². The van der Waals surface area contributed by atoms with E-state index in [9.17, 15) is 9.50 Å². The molecular weight excluding hydrogens is 255 g/mol. The van der Waals surface area contributed by atoms with Crippen molar-refractivity contribution in [3.05, 3.63) is 48.3 Å². The summed E-state index contributed by atoms with van der Waals surface area (Å²) < 4.78 is 15.2. The summed E-state index contributed by atoms with van der Waals surface area (Å²) in [5.74, 6) is 0.0966. The lowest BCUT2D eigenvalue weighted by molar-refractivity contribution is 0.470. The molecule has 3 aromatic rings. The van der Waals surface area contributed by atoms with E-state index in [0.717, 1.165) is 17.1 Å². The summed E-state index contributed by atoms with van der Waals surface area (Å²) in [6, 6.07) is 12.0. The largest absolute Gasteiger partial charge is 0.507 e. The Kier molecular flexibility index (Phi) is 2.93. The van der Waals surface area contributed by atoms with Crippen LogP contribution in [0.4, 0.5) is 4.39 Å². The zero-order valence-electron chi connectivity index (χ0n) is 11.3. The minimum atomic E-state index is -0.460. The van der Waals surface area contributed by atoms with Crippen LogP contribution in [0.25, 0.3) is 22.4 Å². The van der Waals surface area contributed by atoms with Crippen LogP contribution in [-0.2, 0) is 0 Å². The molecule has 0 fully saturated rings. The molecule has 0 aliphatic heterocycles. The molecule has 0 atom stereocenters. The van der Waals surface area contributed by atoms with Crippen LogP contribution >= 0.6 is 0 Å². The van der Waals surface area contributed by atoms with Gasteiger partial charge in [0.05, 0.1) is 16.6 Å². The molecule has 3 rings (SSSR count). The summed E-state index contributed by atoms with van der Waals surface area (Å²) in [4.78, 5) is 4.58. The second-order valence-corrected chi connectivity index (χ2v) is 5.05. The third-order valence-corrected chi connectivity index (χ3v) is 3.31. The number of rotatable bonds is 2. The summed E-state index contributed by atoms with van der Waals surface area (Å²) in [5.41, 5.74) is 2.40. The van der Waals surface area contributed by atoms with Gasteiger partial charge < -0.3 is 9.67 Å². The lowest BCUT2D eigenvalue weighted by atomic mass is 10.1. The van der Waals surface area contributed by atoms with Gasteiger partial charge >= 0.3 is 0 Å². The standard InChI is InChI=1S/C16H15FN2O/c1-10(2)19-14-6-4-3-5-13(14)18-16(19)12-8-7-11(17)9-15(12)20/h3-10,20H,1-2H3. The van der Waals surface area contributed by atoms with Crippen LogP contribution < -0.4 is 0 Å². The molecule has 0 spiro atoms. The number of fused-ring (bicyclic) bond motifs is 1. The number of aromatic hydroxyl groups is 1. The van der Waals surface area contributed by atoms with Gasteiger partial charge in [0, 0.05) is 12.1 Å². The number of phenols is 1. The Bertz CT molecular complexity index is 777. The molecule has 1 N–H and O–H groups in total. The Labute approximate surface area is 116 Å². The third-order valence-electron chi connectivity index (χ3n) is 3.31. The number of imidazole rings is 1. The highest BCUT2D eigenvalue weighted by atomic mass is 19.1. The van der Waals surface area contributed by atoms with E-state index >= 15 is 0 Å². The van der Waals surface area contributed by atoms with Crippen LogP contribution in [0.2, 0.25) is 0 Å². The Hall–Kier alpha value is -2.36. The van der Waals surface area contributed by atoms with E-state index in [1.54, 1.807) is 6.07 Å². The SMILES string of the molecule is CC(C)n1c(-c2ccc(F)cc2O)nc2ccccc21. The first-order valence-corrected chi connectivity index (χ1v) is 6.54. The fourth-order valence-electron chi connectivity index (χ4n) is 2.45. The van der Waals surface area contributed by atoms with Gasteiger partial charge in [-0.05, 0) is 38.1 Å². The maximum Gasteiger partial charge on any atom is 0.145 e. The van der Waals surface area contributed by atoms with Crippen LogP contribution in [0.15, 0.2) is 42.5 Å². The Morgan fingerprint density at radius 1 is 1.15 bits per heavy atom. The van der Waals surface area contributed by atoms with Crippen LogP contribution in [0.1, 0.15) is 19.9 Å². The number of benzene rings is 2. The van der Waals surface area contributed by atoms with Crippen LogP contribution in [0.3, 0.4) is 0 Å². The number of aromatic nitrogens is 2. The number of nitrogens with zero attached hydrogens (tertiary/aromatic N) is 2. The lowest BCUT2D eigenvalue weighted by Gasteiger charge is -2.13. The molecule has 0 aliphatic rings. The number of hydrogen-bond donors (Lipinski definition) is 1. The Morgan fingerprint density at radius 3 is 2.60 bits per heavy atom. The predicted molar refractivity (Wildman–Crippen MR) is 77.2 cm³/mol. The molecule has 0 saturated heterocycles. The summed E-state index contributed by atoms with van der Waals surface area (Å²) in [6.45, 7) is 4.11. The smallest absolute Gasteiger partial charge is 0.145 e. The van der Waals surface area contributed by atoms with Gasteiger partial charge in [-0.2, -0.15) is 0 Å². The summed E-state index contributed by atoms with van der Waals surface area (Å²) >= 11 is 0. The molecule has 1 heterocycles. The first-order chi connectivity index (χ1) is 9.58. The summed E-state index contributed by atoms with van der Waals surface area (Å²) in [7, 11) is 0. The van der Waals surface area contributed by atoms with E-state index in [2.05, 4.69) is 18.8 Å². The van der Waals surface area contributed by atoms with Crippen molar-refractivity contribution in [3.8, 4) is 17.1 Å². The molecule has 4 heteroatoms. The van der Waals surface area contributed by atoms with Gasteiger partial charge in [0.2, 0.25) is 0 Å². The minimum Gasteiger partial charge on any atom is -0.507 e. The number of phenolic OH excluding ortho intramolecular Hbond substituents is 1. The van der Waals surface area contributed by atoms with Gasteiger partial charge in [0.1, 0.15) is 17.4 Å². The van der Waals surface area contributed by atoms with Crippen molar-refractivity contribution < 1.29 is 9.50 Å². The zero-order valence-corrected chi connectivity index (χ0v) is 11.3. The number of hydrogen-bond acceptors (Lipinski definition) is 2. The molecule has 102 valence electrons. The van der Waals surface area contributed by atoms with E-state index in [4.69, 9.17) is 0 Å². The van der Waals surface area contributed by atoms with Crippen LogP contribution in [-0.4, -0.2) is 14.7 Å². The first kappa shape index (κ1) is 12.7. The topological polar surface area (TPSA) is 38.0 Å². The van der Waals surface area contributed by atoms with E-state index < -0.39 is 5.82 Å². The molecule has 0 unspecified atom stereocenters. The quantitative estimate of drug-likeness (QED) is 0.760. The highest BCUT2D eigenvalue weighted by Gasteiger charge is 2.17. The lowest BCUT2D eigenvalue weighted by Crippen LogP contribution is -2.03. The highest BCUT2D eigenvalue weighted by Crippen LogP contribution is 2.33. The summed E-state index contributed by atoms with van der Waals surface area (Å²) in [5, 5.41) is 9.98.